The van der Waals surface area contributed by atoms with Crippen LogP contribution in [-0.4, -0.2) is 81.6 Å². The van der Waals surface area contributed by atoms with Gasteiger partial charge in [0.2, 0.25) is 17.7 Å². The van der Waals surface area contributed by atoms with Crippen molar-refractivity contribution in [3.8, 4) is 0 Å². The number of likely N-dealkylation sites (N-methyl/N-ethyl adjacent to an activating group) is 1. The molecule has 7 N–H and O–H groups in total. The zero-order valence-corrected chi connectivity index (χ0v) is 35.6. The second-order valence-electron chi connectivity index (χ2n) is 16.4. The fraction of sp³-hybridized carbons (Fsp3) is 0.435. The van der Waals surface area contributed by atoms with Crippen LogP contribution in [0.2, 0.25) is 0 Å². The van der Waals surface area contributed by atoms with Crippen molar-refractivity contribution in [2.24, 2.45) is 5.41 Å². The van der Waals surface area contributed by atoms with Gasteiger partial charge in [-0.25, -0.2) is 5.48 Å². The van der Waals surface area contributed by atoms with Gasteiger partial charge in [-0.3, -0.25) is 24.4 Å². The zero-order chi connectivity index (χ0) is 42.1. The van der Waals surface area contributed by atoms with Crippen LogP contribution in [0.4, 0.5) is 0 Å². The van der Waals surface area contributed by atoms with Gasteiger partial charge in [0, 0.05) is 29.2 Å². The molecule has 1 unspecified atom stereocenters. The fourth-order valence-electron chi connectivity index (χ4n) is 8.49. The summed E-state index contributed by atoms with van der Waals surface area (Å²) in [5.74, 6) is -0.197. The lowest BCUT2D eigenvalue weighted by Crippen LogP contribution is -2.58. The van der Waals surface area contributed by atoms with Gasteiger partial charge in [-0.05, 0) is 117 Å². The van der Waals surface area contributed by atoms with Gasteiger partial charge in [-0.15, -0.1) is 11.8 Å². The molecular formula is C46H59N7O5S. The molecule has 1 aliphatic carbocycles. The number of carbonyl (C=O) groups is 4. The number of nitrogens with one attached hydrogen (secondary N) is 6. The summed E-state index contributed by atoms with van der Waals surface area (Å²) in [6.45, 7) is 9.74. The Balaban J connectivity index is 0.000000204. The number of aromatic nitrogens is 1. The van der Waals surface area contributed by atoms with Gasteiger partial charge in [-0.1, -0.05) is 80.6 Å². The van der Waals surface area contributed by atoms with Gasteiger partial charge in [0.05, 0.1) is 17.5 Å². The third kappa shape index (κ3) is 10.6. The Kier molecular flexibility index (Phi) is 14.7. The lowest BCUT2D eigenvalue weighted by atomic mass is 9.83. The molecule has 7 rings (SSSR count). The number of carbonyl (C=O) groups excluding carboxylic acids is 4. The molecule has 1 aromatic heterocycles. The third-order valence-corrected chi connectivity index (χ3v) is 13.1. The smallest absolute Gasteiger partial charge is 0.267 e. The average molecular weight is 822 g/mol. The summed E-state index contributed by atoms with van der Waals surface area (Å²) in [4.78, 5) is 56.1. The summed E-state index contributed by atoms with van der Waals surface area (Å²) in [6.07, 6.45) is 8.23. The number of rotatable bonds is 12. The molecule has 2 fully saturated rings. The van der Waals surface area contributed by atoms with Gasteiger partial charge < -0.3 is 31.2 Å². The van der Waals surface area contributed by atoms with E-state index in [0.29, 0.717) is 6.42 Å². The van der Waals surface area contributed by atoms with E-state index in [1.165, 1.54) is 44.9 Å². The number of aryl methyl sites for hydroxylation is 2. The van der Waals surface area contributed by atoms with E-state index in [1.54, 1.807) is 42.2 Å². The predicted molar refractivity (Wildman–Crippen MR) is 234 cm³/mol. The number of thioether (sulfide) groups is 1. The van der Waals surface area contributed by atoms with Crippen LogP contribution >= 0.6 is 11.8 Å². The molecule has 12 nitrogen and oxygen atoms in total. The maximum absolute atomic E-state index is 13.7. The van der Waals surface area contributed by atoms with Crippen molar-refractivity contribution < 1.29 is 24.4 Å². The van der Waals surface area contributed by atoms with E-state index in [2.05, 4.69) is 83.4 Å². The van der Waals surface area contributed by atoms with Gasteiger partial charge >= 0.3 is 0 Å². The first-order valence-corrected chi connectivity index (χ1v) is 21.7. The number of amides is 4. The zero-order valence-electron chi connectivity index (χ0n) is 34.8. The van der Waals surface area contributed by atoms with Crippen molar-refractivity contribution in [2.75, 3.05) is 19.3 Å². The summed E-state index contributed by atoms with van der Waals surface area (Å²) in [5, 5.41) is 22.3. The van der Waals surface area contributed by atoms with Crippen molar-refractivity contribution in [2.45, 2.75) is 102 Å². The number of benzene rings is 3. The molecule has 0 spiro atoms. The van der Waals surface area contributed by atoms with E-state index in [4.69, 9.17) is 5.21 Å². The Morgan fingerprint density at radius 3 is 2.51 bits per heavy atom. The maximum Gasteiger partial charge on any atom is 0.267 e. The average Bonchev–Trinajstić information content (AvgIpc) is 3.66. The number of hydroxylamine groups is 1. The van der Waals surface area contributed by atoms with Gasteiger partial charge in [0.1, 0.15) is 12.1 Å². The first-order valence-electron chi connectivity index (χ1n) is 20.7. The largest absolute Gasteiger partial charge is 0.358 e. The first kappa shape index (κ1) is 43.6. The number of hydrogen-bond donors (Lipinski definition) is 7. The summed E-state index contributed by atoms with van der Waals surface area (Å²) in [6, 6.07) is 23.1. The molecule has 0 bridgehead atoms. The van der Waals surface area contributed by atoms with E-state index in [-0.39, 0.29) is 40.6 Å². The standard InChI is InChI=1S/C25H36N4O3S.C21H23N3O2/c1-15(26-4)22(30)28-19-12-13-33-20-14-25(2,3)21(29(20)24(19)32)23(31)27-18-11-7-9-16-8-5-6-10-17(16)18;1-15-18(19-4-2-3-5-20(19)23-15)12-13-22-14-17-8-6-16(7-9-17)10-11-21(25)24-26/h5-6,8,10,15,18-21,26H,7,9,11-14H2,1-4H3,(H,27,31)(H,28,30);2-11,22-23,26H,12-14H2,1H3,(H,24,25)/b;11-10+/t15-,18+,19-,20-,21?;/m0./s1. The highest BCUT2D eigenvalue weighted by Crippen LogP contribution is 2.46. The highest BCUT2D eigenvalue weighted by atomic mass is 32.2. The molecule has 0 saturated carbocycles. The van der Waals surface area contributed by atoms with E-state index >= 15 is 0 Å². The number of fused-ring (bicyclic) bond motifs is 3. The van der Waals surface area contributed by atoms with Crippen molar-refractivity contribution in [1.29, 1.82) is 0 Å². The first-order chi connectivity index (χ1) is 28.4. The Bertz CT molecular complexity index is 2130. The number of nitrogens with zero attached hydrogens (tertiary/aromatic N) is 1. The quantitative estimate of drug-likeness (QED) is 0.0415. The molecule has 314 valence electrons. The van der Waals surface area contributed by atoms with Crippen molar-refractivity contribution in [3.05, 3.63) is 112 Å². The SMILES string of the molecule is CN[C@@H](C)C(=O)N[C@H]1CCS[C@H]2CC(C)(C)C(C(=O)N[C@@H]3CCCc4ccccc43)N2C1=O.Cc1[nH]c2ccccc2c1CCNCc1ccc(/C=C/C(=O)NO)cc1. The molecule has 59 heavy (non-hydrogen) atoms. The van der Waals surface area contributed by atoms with E-state index < -0.39 is 18.0 Å². The number of para-hydroxylation sites is 1. The van der Waals surface area contributed by atoms with Crippen molar-refractivity contribution in [3.63, 3.8) is 0 Å². The number of aromatic amines is 1. The summed E-state index contributed by atoms with van der Waals surface area (Å²) >= 11 is 1.72. The molecule has 3 heterocycles. The van der Waals surface area contributed by atoms with Crippen LogP contribution in [0.5, 0.6) is 0 Å². The number of H-pyrrole nitrogens is 1. The minimum Gasteiger partial charge on any atom is -0.358 e. The minimum atomic E-state index is -0.606. The van der Waals surface area contributed by atoms with E-state index in [0.717, 1.165) is 56.5 Å². The van der Waals surface area contributed by atoms with E-state index in [1.807, 2.05) is 36.4 Å². The molecule has 4 aromatic rings. The third-order valence-electron chi connectivity index (χ3n) is 11.8. The van der Waals surface area contributed by atoms with Crippen LogP contribution in [0.25, 0.3) is 17.0 Å². The highest BCUT2D eigenvalue weighted by molar-refractivity contribution is 7.99. The van der Waals surface area contributed by atoms with Gasteiger partial charge in [0.15, 0.2) is 0 Å². The molecule has 2 saturated heterocycles. The lowest BCUT2D eigenvalue weighted by Gasteiger charge is -2.36. The Morgan fingerprint density at radius 2 is 1.75 bits per heavy atom. The summed E-state index contributed by atoms with van der Waals surface area (Å²) in [5.41, 5.74) is 9.59. The number of hydrogen-bond acceptors (Lipinski definition) is 8. The van der Waals surface area contributed by atoms with Crippen LogP contribution in [0.3, 0.4) is 0 Å². The normalized spacial score (nSPS) is 21.5. The molecule has 0 radical (unpaired) electrons. The predicted octanol–water partition coefficient (Wildman–Crippen LogP) is 5.69. The topological polar surface area (TPSA) is 168 Å². The molecule has 4 amide bonds. The van der Waals surface area contributed by atoms with Crippen molar-refractivity contribution >= 4 is 52.4 Å². The molecule has 13 heteroatoms. The highest BCUT2D eigenvalue weighted by Gasteiger charge is 2.54. The lowest BCUT2D eigenvalue weighted by molar-refractivity contribution is -0.144. The van der Waals surface area contributed by atoms with Crippen LogP contribution in [0.15, 0.2) is 78.9 Å². The molecular weight excluding hydrogens is 763 g/mol. The van der Waals surface area contributed by atoms with E-state index in [9.17, 15) is 19.2 Å². The Hall–Kier alpha value is -4.95. The second-order valence-corrected chi connectivity index (χ2v) is 17.7. The Labute approximate surface area is 351 Å². The molecule has 2 aliphatic heterocycles. The fourth-order valence-corrected chi connectivity index (χ4v) is 10.1. The van der Waals surface area contributed by atoms with Gasteiger partial charge in [-0.2, -0.15) is 0 Å². The van der Waals surface area contributed by atoms with Crippen LogP contribution in [-0.2, 0) is 38.6 Å². The molecule has 5 atom stereocenters. The minimum absolute atomic E-state index is 0.0287. The van der Waals surface area contributed by atoms with Gasteiger partial charge in [0.25, 0.3) is 5.91 Å². The summed E-state index contributed by atoms with van der Waals surface area (Å²) in [7, 11) is 1.72. The molecule has 3 aromatic carbocycles. The van der Waals surface area contributed by atoms with Crippen molar-refractivity contribution in [1.82, 2.24) is 36.6 Å². The summed E-state index contributed by atoms with van der Waals surface area (Å²) < 4.78 is 0. The molecule has 3 aliphatic rings. The Morgan fingerprint density at radius 1 is 1.00 bits per heavy atom. The maximum atomic E-state index is 13.7. The van der Waals surface area contributed by atoms with Crippen LogP contribution in [0, 0.1) is 12.3 Å². The monoisotopic (exact) mass is 821 g/mol. The second kappa shape index (κ2) is 19.9. The van der Waals surface area contributed by atoms with Crippen LogP contribution < -0.4 is 26.7 Å². The van der Waals surface area contributed by atoms with Crippen LogP contribution in [0.1, 0.15) is 86.0 Å².